The number of nitrogens with zero attached hydrogens (tertiary/aromatic N) is 1. The highest BCUT2D eigenvalue weighted by Gasteiger charge is 2.29. The van der Waals surface area contributed by atoms with E-state index in [0.29, 0.717) is 10.7 Å². The van der Waals surface area contributed by atoms with E-state index in [1.807, 2.05) is 32.0 Å². The first-order chi connectivity index (χ1) is 11.4. The zero-order valence-electron chi connectivity index (χ0n) is 13.9. The molecule has 1 saturated heterocycles. The highest BCUT2D eigenvalue weighted by molar-refractivity contribution is 8.04. The van der Waals surface area contributed by atoms with E-state index < -0.39 is 5.97 Å². The molecule has 1 aliphatic rings. The van der Waals surface area contributed by atoms with E-state index in [1.165, 1.54) is 22.7 Å². The zero-order valence-corrected chi connectivity index (χ0v) is 14.7. The van der Waals surface area contributed by atoms with Gasteiger partial charge in [-0.3, -0.25) is 14.5 Å². The minimum absolute atomic E-state index is 0.135. The van der Waals surface area contributed by atoms with Gasteiger partial charge >= 0.3 is 5.97 Å². The Morgan fingerprint density at radius 1 is 1.29 bits per heavy atom. The fourth-order valence-electron chi connectivity index (χ4n) is 2.38. The van der Waals surface area contributed by atoms with Crippen LogP contribution in [0.15, 0.2) is 29.3 Å². The Labute approximate surface area is 145 Å². The van der Waals surface area contributed by atoms with Crippen molar-refractivity contribution in [1.82, 2.24) is 4.90 Å². The number of nitrogens with one attached hydrogen (secondary N) is 1. The number of hydrogen-bond donors (Lipinski definition) is 1. The van der Waals surface area contributed by atoms with E-state index in [2.05, 4.69) is 5.32 Å². The van der Waals surface area contributed by atoms with Crippen molar-refractivity contribution < 1.29 is 19.1 Å². The molecule has 1 fully saturated rings. The summed E-state index contributed by atoms with van der Waals surface area (Å²) in [4.78, 5) is 37.0. The van der Waals surface area contributed by atoms with Crippen molar-refractivity contribution in [2.75, 3.05) is 24.2 Å². The number of aryl methyl sites for hydroxylation is 2. The van der Waals surface area contributed by atoms with Gasteiger partial charge in [-0.25, -0.2) is 4.79 Å². The van der Waals surface area contributed by atoms with Crippen molar-refractivity contribution in [3.05, 3.63) is 40.4 Å². The van der Waals surface area contributed by atoms with E-state index in [4.69, 9.17) is 4.74 Å². The normalized spacial score (nSPS) is 15.7. The molecule has 7 heteroatoms. The Balaban J connectivity index is 2.05. The number of hydrogen-bond acceptors (Lipinski definition) is 5. The summed E-state index contributed by atoms with van der Waals surface area (Å²) < 4.78 is 4.85. The van der Waals surface area contributed by atoms with Gasteiger partial charge in [0.25, 0.3) is 0 Å². The Kier molecular flexibility index (Phi) is 6.03. The van der Waals surface area contributed by atoms with Gasteiger partial charge < -0.3 is 10.1 Å². The monoisotopic (exact) mass is 348 g/mol. The lowest BCUT2D eigenvalue weighted by Gasteiger charge is -2.17. The predicted octanol–water partition coefficient (Wildman–Crippen LogP) is 2.22. The van der Waals surface area contributed by atoms with Crippen LogP contribution in [0.25, 0.3) is 0 Å². The van der Waals surface area contributed by atoms with Gasteiger partial charge in [0.05, 0.1) is 23.5 Å². The van der Waals surface area contributed by atoms with Gasteiger partial charge in [-0.15, -0.1) is 0 Å². The van der Waals surface area contributed by atoms with E-state index in [-0.39, 0.29) is 30.7 Å². The summed E-state index contributed by atoms with van der Waals surface area (Å²) >= 11 is 1.22. The fraction of sp³-hybridized carbons (Fsp3) is 0.353. The van der Waals surface area contributed by atoms with Gasteiger partial charge in [0, 0.05) is 5.69 Å². The molecule has 0 unspecified atom stereocenters. The summed E-state index contributed by atoms with van der Waals surface area (Å²) in [5.74, 6) is -0.826. The quantitative estimate of drug-likeness (QED) is 0.652. The van der Waals surface area contributed by atoms with Crippen LogP contribution in [0.3, 0.4) is 0 Å². The van der Waals surface area contributed by atoms with Gasteiger partial charge in [-0.1, -0.05) is 17.8 Å². The van der Waals surface area contributed by atoms with E-state index in [0.717, 1.165) is 11.1 Å². The lowest BCUT2D eigenvalue weighted by atomic mass is 10.1. The largest absolute Gasteiger partial charge is 0.463 e. The maximum atomic E-state index is 12.2. The van der Waals surface area contributed by atoms with Crippen LogP contribution < -0.4 is 5.32 Å². The molecule has 0 aromatic heterocycles. The summed E-state index contributed by atoms with van der Waals surface area (Å²) in [6, 6.07) is 5.73. The average Bonchev–Trinajstić information content (AvgIpc) is 2.79. The van der Waals surface area contributed by atoms with Crippen LogP contribution in [-0.2, 0) is 19.1 Å². The third-order valence-electron chi connectivity index (χ3n) is 3.25. The number of carbonyl (C=O) groups excluding carboxylic acids is 3. The van der Waals surface area contributed by atoms with Crippen molar-refractivity contribution in [3.63, 3.8) is 0 Å². The van der Waals surface area contributed by atoms with Gasteiger partial charge in [0.15, 0.2) is 0 Å². The second-order valence-electron chi connectivity index (χ2n) is 5.43. The molecule has 0 radical (unpaired) electrons. The molecular weight excluding hydrogens is 328 g/mol. The Bertz CT molecular complexity index is 680. The zero-order chi connectivity index (χ0) is 17.7. The Hall–Kier alpha value is -2.28. The number of esters is 1. The van der Waals surface area contributed by atoms with Crippen molar-refractivity contribution in [2.24, 2.45) is 0 Å². The highest BCUT2D eigenvalue weighted by atomic mass is 32.2. The van der Waals surface area contributed by atoms with Gasteiger partial charge in [-0.2, -0.15) is 0 Å². The predicted molar refractivity (Wildman–Crippen MR) is 93.4 cm³/mol. The summed E-state index contributed by atoms with van der Waals surface area (Å²) in [6.45, 7) is 5.73. The standard InChI is InChI=1S/C17H20N2O4S/c1-4-23-17(22)8-16-19(15(21)10-24-16)9-14(20)18-13-6-11(2)5-12(3)7-13/h5-8H,4,9-10H2,1-3H3,(H,18,20)/b16-8-. The van der Waals surface area contributed by atoms with Crippen molar-refractivity contribution >= 4 is 35.2 Å². The van der Waals surface area contributed by atoms with Crippen LogP contribution in [0.5, 0.6) is 0 Å². The van der Waals surface area contributed by atoms with Gasteiger partial charge in [0.2, 0.25) is 11.8 Å². The Morgan fingerprint density at radius 2 is 1.96 bits per heavy atom. The van der Waals surface area contributed by atoms with Crippen molar-refractivity contribution in [1.29, 1.82) is 0 Å². The molecule has 1 aromatic carbocycles. The maximum absolute atomic E-state index is 12.2. The number of benzene rings is 1. The van der Waals surface area contributed by atoms with Crippen LogP contribution in [0.1, 0.15) is 18.1 Å². The van der Waals surface area contributed by atoms with Gasteiger partial charge in [-0.05, 0) is 44.0 Å². The van der Waals surface area contributed by atoms with Crippen LogP contribution >= 0.6 is 11.8 Å². The molecule has 1 N–H and O–H groups in total. The molecule has 2 amide bonds. The molecule has 2 rings (SSSR count). The smallest absolute Gasteiger partial charge is 0.333 e. The molecule has 0 atom stereocenters. The third kappa shape index (κ3) is 4.86. The van der Waals surface area contributed by atoms with E-state index >= 15 is 0 Å². The summed E-state index contributed by atoms with van der Waals surface area (Å²) in [7, 11) is 0. The lowest BCUT2D eigenvalue weighted by molar-refractivity contribution is -0.137. The first-order valence-electron chi connectivity index (χ1n) is 7.59. The highest BCUT2D eigenvalue weighted by Crippen LogP contribution is 2.28. The molecule has 24 heavy (non-hydrogen) atoms. The summed E-state index contributed by atoms with van der Waals surface area (Å²) in [6.07, 6.45) is 1.25. The number of carbonyl (C=O) groups is 3. The van der Waals surface area contributed by atoms with E-state index in [1.54, 1.807) is 6.92 Å². The second kappa shape index (κ2) is 8.01. The summed E-state index contributed by atoms with van der Waals surface area (Å²) in [5, 5.41) is 3.22. The number of anilines is 1. The third-order valence-corrected chi connectivity index (χ3v) is 4.27. The number of amides is 2. The van der Waals surface area contributed by atoms with Gasteiger partial charge in [0.1, 0.15) is 6.54 Å². The molecule has 6 nitrogen and oxygen atoms in total. The average molecular weight is 348 g/mol. The van der Waals surface area contributed by atoms with E-state index in [9.17, 15) is 14.4 Å². The number of thioether (sulfide) groups is 1. The summed E-state index contributed by atoms with van der Waals surface area (Å²) in [5.41, 5.74) is 2.77. The lowest BCUT2D eigenvalue weighted by Crippen LogP contribution is -2.34. The maximum Gasteiger partial charge on any atom is 0.333 e. The molecule has 128 valence electrons. The molecule has 0 spiro atoms. The first kappa shape index (κ1) is 18.1. The molecule has 1 aliphatic heterocycles. The molecule has 0 saturated carbocycles. The van der Waals surface area contributed by atoms with Crippen LogP contribution in [0, 0.1) is 13.8 Å². The van der Waals surface area contributed by atoms with Crippen molar-refractivity contribution in [2.45, 2.75) is 20.8 Å². The second-order valence-corrected chi connectivity index (χ2v) is 6.42. The molecule has 1 heterocycles. The molecule has 1 aromatic rings. The molecule has 0 bridgehead atoms. The fourth-order valence-corrected chi connectivity index (χ4v) is 3.30. The minimum atomic E-state index is -0.519. The number of rotatable bonds is 5. The van der Waals surface area contributed by atoms with Crippen LogP contribution in [-0.4, -0.2) is 41.6 Å². The van der Waals surface area contributed by atoms with Crippen LogP contribution in [0.4, 0.5) is 5.69 Å². The topological polar surface area (TPSA) is 75.7 Å². The number of ether oxygens (including phenoxy) is 1. The first-order valence-corrected chi connectivity index (χ1v) is 8.57. The van der Waals surface area contributed by atoms with Crippen molar-refractivity contribution in [3.8, 4) is 0 Å². The molecular formula is C17H20N2O4S. The SMILES string of the molecule is CCOC(=O)/C=C1\SCC(=O)N1CC(=O)Nc1cc(C)cc(C)c1. The minimum Gasteiger partial charge on any atom is -0.463 e. The molecule has 0 aliphatic carbocycles. The van der Waals surface area contributed by atoms with Crippen LogP contribution in [0.2, 0.25) is 0 Å². The Morgan fingerprint density at radius 3 is 2.58 bits per heavy atom.